The number of rotatable bonds is 7. The second-order valence-corrected chi connectivity index (χ2v) is 8.33. The van der Waals surface area contributed by atoms with Crippen molar-refractivity contribution in [1.29, 1.82) is 0 Å². The van der Waals surface area contributed by atoms with Crippen molar-refractivity contribution in [3.63, 3.8) is 0 Å². The van der Waals surface area contributed by atoms with Crippen LogP contribution in [0.2, 0.25) is 0 Å². The van der Waals surface area contributed by atoms with E-state index in [1.807, 2.05) is 18.2 Å². The van der Waals surface area contributed by atoms with E-state index in [1.165, 1.54) is 19.8 Å². The molecule has 29 heavy (non-hydrogen) atoms. The van der Waals surface area contributed by atoms with Crippen LogP contribution in [0.5, 0.6) is 0 Å². The lowest BCUT2D eigenvalue weighted by Gasteiger charge is -2.38. The Morgan fingerprint density at radius 2 is 1.97 bits per heavy atom. The number of halogens is 1. The van der Waals surface area contributed by atoms with Gasteiger partial charge < -0.3 is 20.1 Å². The van der Waals surface area contributed by atoms with Crippen LogP contribution in [0.15, 0.2) is 53.2 Å². The molecule has 1 aliphatic carbocycles. The number of carbonyl (C=O) groups excluding carboxylic acids is 1. The predicted molar refractivity (Wildman–Crippen MR) is 114 cm³/mol. The van der Waals surface area contributed by atoms with Crippen molar-refractivity contribution >= 4 is 17.5 Å². The summed E-state index contributed by atoms with van der Waals surface area (Å²) in [6.45, 7) is 4.66. The van der Waals surface area contributed by atoms with E-state index >= 15 is 0 Å². The number of nitrogens with zero attached hydrogens (tertiary/aromatic N) is 1. The molecule has 1 amide bonds. The number of benzene rings is 1. The highest BCUT2D eigenvalue weighted by atomic mass is 35.5. The van der Waals surface area contributed by atoms with Crippen molar-refractivity contribution in [3.8, 4) is 0 Å². The third kappa shape index (κ3) is 4.67. The molecule has 0 saturated carbocycles. The van der Waals surface area contributed by atoms with E-state index in [0.29, 0.717) is 10.7 Å². The summed E-state index contributed by atoms with van der Waals surface area (Å²) < 4.78 is 11.3. The fourth-order valence-corrected chi connectivity index (χ4v) is 4.40. The number of methoxy groups -OCH3 is 2. The zero-order valence-electron chi connectivity index (χ0n) is 17.5. The first-order chi connectivity index (χ1) is 13.8. The predicted octanol–water partition coefficient (Wildman–Crippen LogP) is 2.61. The van der Waals surface area contributed by atoms with Gasteiger partial charge in [-0.15, -0.1) is 0 Å². The van der Waals surface area contributed by atoms with Gasteiger partial charge in [0.15, 0.2) is 0 Å². The summed E-state index contributed by atoms with van der Waals surface area (Å²) in [5.41, 5.74) is 1.61. The minimum Gasteiger partial charge on any atom is -0.387 e. The smallest absolute Gasteiger partial charge is 0.233 e. The van der Waals surface area contributed by atoms with Gasteiger partial charge in [0.25, 0.3) is 0 Å². The fraction of sp³-hybridized carbons (Fsp3) is 0.500. The quantitative estimate of drug-likeness (QED) is 0.665. The Morgan fingerprint density at radius 1 is 1.28 bits per heavy atom. The Bertz CT molecular complexity index is 792. The van der Waals surface area contributed by atoms with E-state index in [1.54, 1.807) is 19.2 Å². The first-order valence-electron chi connectivity index (χ1n) is 9.81. The van der Waals surface area contributed by atoms with Crippen molar-refractivity contribution in [3.05, 3.63) is 58.8 Å². The highest BCUT2D eigenvalue weighted by Gasteiger charge is 2.46. The maximum Gasteiger partial charge on any atom is 0.233 e. The van der Waals surface area contributed by atoms with Crippen molar-refractivity contribution in [2.75, 3.05) is 34.4 Å². The summed E-state index contributed by atoms with van der Waals surface area (Å²) in [4.78, 5) is 15.6. The monoisotopic (exact) mass is 419 g/mol. The zero-order valence-corrected chi connectivity index (χ0v) is 18.3. The number of likely N-dealkylation sites (N-methyl/N-ethyl adjacent to an activating group) is 1. The Kier molecular flexibility index (Phi) is 6.69. The number of likely N-dealkylation sites (tertiary alicyclic amines) is 1. The number of hydrogen-bond donors (Lipinski definition) is 2. The van der Waals surface area contributed by atoms with Crippen LogP contribution in [0.1, 0.15) is 18.9 Å². The Labute approximate surface area is 177 Å². The van der Waals surface area contributed by atoms with Crippen LogP contribution in [0, 0.1) is 5.92 Å². The van der Waals surface area contributed by atoms with Gasteiger partial charge in [-0.25, -0.2) is 0 Å². The minimum atomic E-state index is -1.21. The van der Waals surface area contributed by atoms with Crippen molar-refractivity contribution in [1.82, 2.24) is 15.5 Å². The molecule has 1 aliphatic heterocycles. The molecule has 2 N–H and O–H groups in total. The third-order valence-electron chi connectivity index (χ3n) is 5.77. The van der Waals surface area contributed by atoms with E-state index in [9.17, 15) is 4.79 Å². The molecule has 158 valence electrons. The third-order valence-corrected chi connectivity index (χ3v) is 6.10. The number of ether oxygens (including phenoxy) is 2. The zero-order chi connectivity index (χ0) is 21.1. The normalized spacial score (nSPS) is 26.6. The molecule has 3 rings (SSSR count). The maximum atomic E-state index is 13.3. The van der Waals surface area contributed by atoms with Crippen LogP contribution in [0.25, 0.3) is 0 Å². The number of hydrogen-bond acceptors (Lipinski definition) is 5. The Morgan fingerprint density at radius 3 is 2.59 bits per heavy atom. The lowest BCUT2D eigenvalue weighted by atomic mass is 9.89. The molecule has 1 fully saturated rings. The first-order valence-corrected chi connectivity index (χ1v) is 10.2. The maximum absolute atomic E-state index is 13.3. The van der Waals surface area contributed by atoms with Crippen molar-refractivity contribution in [2.45, 2.75) is 31.2 Å². The highest BCUT2D eigenvalue weighted by Crippen LogP contribution is 2.36. The Hall–Kier alpha value is -1.86. The number of nitrogens with one attached hydrogen (secondary N) is 2. The van der Waals surface area contributed by atoms with Gasteiger partial charge in [0.2, 0.25) is 11.7 Å². The van der Waals surface area contributed by atoms with E-state index in [4.69, 9.17) is 21.1 Å². The van der Waals surface area contributed by atoms with Gasteiger partial charge in [-0.05, 0) is 25.0 Å². The molecule has 1 heterocycles. The van der Waals surface area contributed by atoms with Crippen molar-refractivity contribution in [2.24, 2.45) is 5.92 Å². The van der Waals surface area contributed by atoms with E-state index in [-0.39, 0.29) is 11.4 Å². The number of carbonyl (C=O) groups is 1. The van der Waals surface area contributed by atoms with Gasteiger partial charge in [0, 0.05) is 47.0 Å². The summed E-state index contributed by atoms with van der Waals surface area (Å²) >= 11 is 6.36. The van der Waals surface area contributed by atoms with Crippen LogP contribution in [-0.4, -0.2) is 56.5 Å². The van der Waals surface area contributed by atoms with Crippen LogP contribution in [0.3, 0.4) is 0 Å². The van der Waals surface area contributed by atoms with Crippen molar-refractivity contribution < 1.29 is 14.3 Å². The average molecular weight is 420 g/mol. The molecule has 7 heteroatoms. The fourth-order valence-electron chi connectivity index (χ4n) is 4.13. The van der Waals surface area contributed by atoms with Gasteiger partial charge in [0.05, 0.1) is 16.3 Å². The molecular formula is C22H30ClN3O3. The molecule has 0 bridgehead atoms. The van der Waals surface area contributed by atoms with Crippen LogP contribution < -0.4 is 10.6 Å². The summed E-state index contributed by atoms with van der Waals surface area (Å²) in [5.74, 6) is -2.07. The summed E-state index contributed by atoms with van der Waals surface area (Å²) in [7, 11) is 4.82. The minimum absolute atomic E-state index is 0.165. The number of allylic oxidation sites excluding steroid dienone is 1. The lowest BCUT2D eigenvalue weighted by Crippen LogP contribution is -2.55. The van der Waals surface area contributed by atoms with E-state index < -0.39 is 11.7 Å². The van der Waals surface area contributed by atoms with Gasteiger partial charge in [-0.1, -0.05) is 41.9 Å². The average Bonchev–Trinajstić information content (AvgIpc) is 3.08. The first kappa shape index (κ1) is 21.8. The molecular weight excluding hydrogens is 390 g/mol. The molecule has 0 aromatic heterocycles. The molecule has 0 radical (unpaired) electrons. The summed E-state index contributed by atoms with van der Waals surface area (Å²) in [6, 6.07) is 10.4. The molecule has 2 aliphatic rings. The molecule has 2 atom stereocenters. The molecule has 1 saturated heterocycles. The SMILES string of the molecule is CNC1=CC(OC)(OC)C(C(=O)NC2(C)CCN(Cc3ccccc3)C2)C=C1Cl. The highest BCUT2D eigenvalue weighted by molar-refractivity contribution is 6.32. The van der Waals surface area contributed by atoms with Gasteiger partial charge in [-0.2, -0.15) is 0 Å². The molecule has 0 spiro atoms. The molecule has 1 aromatic carbocycles. The van der Waals surface area contributed by atoms with Crippen LogP contribution in [-0.2, 0) is 20.8 Å². The molecule has 1 aromatic rings. The summed E-state index contributed by atoms with van der Waals surface area (Å²) in [5, 5.41) is 6.70. The van der Waals surface area contributed by atoms with E-state index in [0.717, 1.165) is 26.1 Å². The summed E-state index contributed by atoms with van der Waals surface area (Å²) in [6.07, 6.45) is 4.29. The van der Waals surface area contributed by atoms with Crippen LogP contribution in [0.4, 0.5) is 0 Å². The van der Waals surface area contributed by atoms with Gasteiger partial charge in [0.1, 0.15) is 5.92 Å². The standard InChI is InChI=1S/C22H30ClN3O3/c1-21(10-11-26(15-21)14-16-8-6-5-7-9-16)25-20(27)17-12-18(23)19(24-2)13-22(17,28-3)29-4/h5-9,12-13,17,24H,10-11,14-15H2,1-4H3,(H,25,27). The second kappa shape index (κ2) is 8.88. The van der Waals surface area contributed by atoms with Gasteiger partial charge >= 0.3 is 0 Å². The Balaban J connectivity index is 1.71. The van der Waals surface area contributed by atoms with Crippen LogP contribution >= 0.6 is 11.6 Å². The van der Waals surface area contributed by atoms with Gasteiger partial charge in [-0.3, -0.25) is 9.69 Å². The molecule has 2 unspecified atom stereocenters. The largest absolute Gasteiger partial charge is 0.387 e. The second-order valence-electron chi connectivity index (χ2n) is 7.93. The topological polar surface area (TPSA) is 62.8 Å². The molecule has 6 nitrogen and oxygen atoms in total. The number of amides is 1. The van der Waals surface area contributed by atoms with E-state index in [2.05, 4.69) is 34.6 Å². The lowest BCUT2D eigenvalue weighted by molar-refractivity contribution is -0.198.